The van der Waals surface area contributed by atoms with Gasteiger partial charge in [0.2, 0.25) is 0 Å². The highest BCUT2D eigenvalue weighted by Gasteiger charge is 2.32. The molecule has 0 atom stereocenters. The normalized spacial score (nSPS) is 12.7. The zero-order valence-electron chi connectivity index (χ0n) is 10.5. The van der Waals surface area contributed by atoms with E-state index in [9.17, 15) is 31.1 Å². The molecule has 0 saturated heterocycles. The van der Waals surface area contributed by atoms with Crippen molar-refractivity contribution in [1.82, 2.24) is 4.90 Å². The molecule has 0 saturated carbocycles. The number of carboxylic acid groups (broad SMARTS) is 1. The number of alkyl halides is 6. The van der Waals surface area contributed by atoms with Crippen molar-refractivity contribution in [2.45, 2.75) is 18.9 Å². The summed E-state index contributed by atoms with van der Waals surface area (Å²) < 4.78 is 73.9. The van der Waals surface area contributed by atoms with Gasteiger partial charge >= 0.3 is 18.3 Å². The molecule has 1 rings (SSSR count). The van der Waals surface area contributed by atoms with Gasteiger partial charge in [0.25, 0.3) is 0 Å². The Hall–Kier alpha value is -1.77. The molecule has 9 heteroatoms. The fourth-order valence-corrected chi connectivity index (χ4v) is 1.67. The third-order valence-corrected chi connectivity index (χ3v) is 2.45. The van der Waals surface area contributed by atoms with E-state index in [4.69, 9.17) is 5.11 Å². The van der Waals surface area contributed by atoms with Crippen LogP contribution in [0.1, 0.15) is 11.1 Å². The van der Waals surface area contributed by atoms with Gasteiger partial charge in [-0.3, -0.25) is 9.69 Å². The molecule has 0 unspecified atom stereocenters. The maximum absolute atomic E-state index is 12.3. The predicted molar refractivity (Wildman–Crippen MR) is 60.4 cm³/mol. The van der Waals surface area contributed by atoms with Crippen LogP contribution in [0.15, 0.2) is 24.3 Å². The van der Waals surface area contributed by atoms with Gasteiger partial charge in [-0.1, -0.05) is 12.1 Å². The van der Waals surface area contributed by atoms with Crippen molar-refractivity contribution in [2.24, 2.45) is 0 Å². The van der Waals surface area contributed by atoms with E-state index in [1.807, 2.05) is 0 Å². The highest BCUT2D eigenvalue weighted by molar-refractivity contribution is 5.69. The molecule has 0 aromatic heterocycles. The smallest absolute Gasteiger partial charge is 0.416 e. The Morgan fingerprint density at radius 2 is 1.57 bits per heavy atom. The summed E-state index contributed by atoms with van der Waals surface area (Å²) in [5.74, 6) is -1.45. The second-order valence-electron chi connectivity index (χ2n) is 4.35. The maximum atomic E-state index is 12.3. The summed E-state index contributed by atoms with van der Waals surface area (Å²) in [7, 11) is 0. The van der Waals surface area contributed by atoms with Crippen molar-refractivity contribution in [1.29, 1.82) is 0 Å². The zero-order chi connectivity index (χ0) is 16.3. The van der Waals surface area contributed by atoms with E-state index in [0.29, 0.717) is 4.90 Å². The summed E-state index contributed by atoms with van der Waals surface area (Å²) >= 11 is 0. The SMILES string of the molecule is O=C(O)CN(Cc1ccc(C(F)(F)F)cc1)CC(F)(F)F. The highest BCUT2D eigenvalue weighted by atomic mass is 19.4. The second kappa shape index (κ2) is 6.33. The minimum atomic E-state index is -4.60. The number of hydrogen-bond donors (Lipinski definition) is 1. The van der Waals surface area contributed by atoms with Gasteiger partial charge in [0, 0.05) is 6.54 Å². The number of benzene rings is 1. The van der Waals surface area contributed by atoms with Crippen molar-refractivity contribution in [3.05, 3.63) is 35.4 Å². The van der Waals surface area contributed by atoms with Crippen LogP contribution in [0.25, 0.3) is 0 Å². The predicted octanol–water partition coefficient (Wildman–Crippen LogP) is 3.15. The number of hydrogen-bond acceptors (Lipinski definition) is 2. The van der Waals surface area contributed by atoms with Crippen molar-refractivity contribution in [2.75, 3.05) is 13.1 Å². The van der Waals surface area contributed by atoms with E-state index in [0.717, 1.165) is 24.3 Å². The monoisotopic (exact) mass is 315 g/mol. The summed E-state index contributed by atoms with van der Waals surface area (Å²) in [6.07, 6.45) is -9.13. The lowest BCUT2D eigenvalue weighted by molar-refractivity contribution is -0.154. The lowest BCUT2D eigenvalue weighted by Gasteiger charge is -2.21. The molecule has 0 aliphatic carbocycles. The molecule has 0 fully saturated rings. The van der Waals surface area contributed by atoms with Crippen LogP contribution in [-0.4, -0.2) is 35.2 Å². The summed E-state index contributed by atoms with van der Waals surface area (Å²) in [6.45, 7) is -2.73. The van der Waals surface area contributed by atoms with Crippen molar-refractivity contribution in [3.8, 4) is 0 Å². The Morgan fingerprint density at radius 3 is 1.95 bits per heavy atom. The number of carbonyl (C=O) groups is 1. The average molecular weight is 315 g/mol. The van der Waals surface area contributed by atoms with Gasteiger partial charge in [-0.25, -0.2) is 0 Å². The van der Waals surface area contributed by atoms with E-state index in [1.54, 1.807) is 0 Å². The Bertz CT molecular complexity index is 480. The minimum Gasteiger partial charge on any atom is -0.480 e. The van der Waals surface area contributed by atoms with Crippen molar-refractivity contribution in [3.63, 3.8) is 0 Å². The molecule has 1 N–H and O–H groups in total. The molecule has 1 aromatic rings. The summed E-state index contributed by atoms with van der Waals surface area (Å²) in [5.41, 5.74) is -0.764. The third-order valence-electron chi connectivity index (χ3n) is 2.45. The summed E-state index contributed by atoms with van der Waals surface area (Å²) in [4.78, 5) is 11.1. The second-order valence-corrected chi connectivity index (χ2v) is 4.35. The lowest BCUT2D eigenvalue weighted by atomic mass is 10.1. The van der Waals surface area contributed by atoms with Crippen LogP contribution in [0.5, 0.6) is 0 Å². The molecule has 0 aliphatic rings. The maximum Gasteiger partial charge on any atom is 0.416 e. The molecule has 0 bridgehead atoms. The van der Waals surface area contributed by atoms with Crippen molar-refractivity contribution < 1.29 is 36.2 Å². The van der Waals surface area contributed by atoms with Crippen molar-refractivity contribution >= 4 is 5.97 Å². The van der Waals surface area contributed by atoms with Gasteiger partial charge in [0.1, 0.15) is 0 Å². The molecule has 21 heavy (non-hydrogen) atoms. The van der Waals surface area contributed by atoms with Crippen LogP contribution in [0.2, 0.25) is 0 Å². The van der Waals surface area contributed by atoms with Gasteiger partial charge in [0.05, 0.1) is 18.7 Å². The number of nitrogens with zero attached hydrogens (tertiary/aromatic N) is 1. The quantitative estimate of drug-likeness (QED) is 0.849. The first-order chi connectivity index (χ1) is 9.47. The van der Waals surface area contributed by atoms with Crippen LogP contribution in [0, 0.1) is 0 Å². The highest BCUT2D eigenvalue weighted by Crippen LogP contribution is 2.29. The Labute approximate surface area is 115 Å². The number of halogens is 6. The van der Waals surface area contributed by atoms with Gasteiger partial charge in [0.15, 0.2) is 0 Å². The number of aliphatic carboxylic acids is 1. The minimum absolute atomic E-state index is 0.161. The third kappa shape index (κ3) is 6.48. The van der Waals surface area contributed by atoms with E-state index < -0.39 is 43.5 Å². The van der Waals surface area contributed by atoms with Gasteiger partial charge in [-0.05, 0) is 17.7 Å². The molecule has 0 spiro atoms. The van der Waals surface area contributed by atoms with Crippen LogP contribution in [-0.2, 0) is 17.5 Å². The van der Waals surface area contributed by atoms with E-state index in [1.165, 1.54) is 0 Å². The first-order valence-electron chi connectivity index (χ1n) is 5.64. The van der Waals surface area contributed by atoms with Gasteiger partial charge in [-0.2, -0.15) is 26.3 Å². The number of carboxylic acids is 1. The largest absolute Gasteiger partial charge is 0.480 e. The summed E-state index contributed by atoms with van der Waals surface area (Å²) in [5, 5.41) is 8.55. The Balaban J connectivity index is 2.81. The molecule has 1 aromatic carbocycles. The standard InChI is InChI=1S/C12H11F6NO2/c13-11(14,15)7-19(6-10(20)21)5-8-1-3-9(4-2-8)12(16,17)18/h1-4H,5-7H2,(H,20,21). The lowest BCUT2D eigenvalue weighted by Crippen LogP contribution is -2.37. The molecular weight excluding hydrogens is 304 g/mol. The average Bonchev–Trinajstić information content (AvgIpc) is 2.24. The Kier molecular flexibility index (Phi) is 5.21. The molecule has 0 heterocycles. The van der Waals surface area contributed by atoms with Crippen LogP contribution in [0.3, 0.4) is 0 Å². The molecule has 0 radical (unpaired) electrons. The fourth-order valence-electron chi connectivity index (χ4n) is 1.67. The molecule has 0 amide bonds. The zero-order valence-corrected chi connectivity index (χ0v) is 10.5. The Morgan fingerprint density at radius 1 is 1.05 bits per heavy atom. The van der Waals surface area contributed by atoms with Gasteiger partial charge in [-0.15, -0.1) is 0 Å². The molecule has 118 valence electrons. The van der Waals surface area contributed by atoms with E-state index >= 15 is 0 Å². The van der Waals surface area contributed by atoms with Gasteiger partial charge < -0.3 is 5.11 Å². The summed E-state index contributed by atoms with van der Waals surface area (Å²) in [6, 6.07) is 3.52. The van der Waals surface area contributed by atoms with E-state index in [2.05, 4.69) is 0 Å². The van der Waals surface area contributed by atoms with Crippen LogP contribution in [0.4, 0.5) is 26.3 Å². The number of rotatable bonds is 5. The first kappa shape index (κ1) is 17.3. The van der Waals surface area contributed by atoms with Crippen LogP contribution < -0.4 is 0 Å². The first-order valence-corrected chi connectivity index (χ1v) is 5.64. The van der Waals surface area contributed by atoms with E-state index in [-0.39, 0.29) is 5.56 Å². The molecule has 3 nitrogen and oxygen atoms in total. The molecule has 0 aliphatic heterocycles. The topological polar surface area (TPSA) is 40.5 Å². The molecular formula is C12H11F6NO2. The fraction of sp³-hybridized carbons (Fsp3) is 0.417. The van der Waals surface area contributed by atoms with Crippen LogP contribution >= 0.6 is 0 Å².